The molecular weight excluding hydrogens is 260 g/mol. The number of amides is 1. The number of rotatable bonds is 3. The van der Waals surface area contributed by atoms with E-state index in [1.807, 2.05) is 11.8 Å². The van der Waals surface area contributed by atoms with E-state index in [-0.39, 0.29) is 17.6 Å². The third-order valence-corrected chi connectivity index (χ3v) is 4.36. The molecule has 2 aliphatic heterocycles. The first kappa shape index (κ1) is 13.1. The van der Waals surface area contributed by atoms with Crippen LogP contribution in [0.25, 0.3) is 0 Å². The Morgan fingerprint density at radius 1 is 1.55 bits per heavy atom. The van der Waals surface area contributed by atoms with Gasteiger partial charge in [-0.3, -0.25) is 14.9 Å². The second-order valence-electron chi connectivity index (χ2n) is 5.40. The lowest BCUT2D eigenvalue weighted by molar-refractivity contribution is -0.384. The molecule has 1 aromatic heterocycles. The van der Waals surface area contributed by atoms with Crippen molar-refractivity contribution in [2.24, 2.45) is 5.92 Å². The van der Waals surface area contributed by atoms with Crippen molar-refractivity contribution < 1.29 is 9.72 Å². The lowest BCUT2D eigenvalue weighted by atomic mass is 10.1. The fourth-order valence-corrected chi connectivity index (χ4v) is 3.28. The molecule has 0 spiro atoms. The number of nitro groups is 1. The zero-order valence-corrected chi connectivity index (χ0v) is 11.4. The fraction of sp³-hybridized carbons (Fsp3) is 0.615. The summed E-state index contributed by atoms with van der Waals surface area (Å²) in [6, 6.07) is 1.63. The van der Waals surface area contributed by atoms with Gasteiger partial charge in [0.2, 0.25) is 0 Å². The number of nitrogens with one attached hydrogen (secondary N) is 1. The average Bonchev–Trinajstić information content (AvgIpc) is 3.11. The highest BCUT2D eigenvalue weighted by atomic mass is 16.6. The predicted molar refractivity (Wildman–Crippen MR) is 72.6 cm³/mol. The van der Waals surface area contributed by atoms with Gasteiger partial charge in [-0.2, -0.15) is 0 Å². The van der Waals surface area contributed by atoms with E-state index in [9.17, 15) is 14.9 Å². The Bertz CT molecular complexity index is 554. The Balaban J connectivity index is 1.88. The molecule has 0 saturated carbocycles. The largest absolute Gasteiger partial charge is 0.337 e. The Morgan fingerprint density at radius 2 is 2.35 bits per heavy atom. The minimum absolute atomic E-state index is 0.0181. The number of aryl methyl sites for hydroxylation is 1. The third-order valence-electron chi connectivity index (χ3n) is 4.36. The van der Waals surface area contributed by atoms with Crippen molar-refractivity contribution >= 4 is 11.6 Å². The van der Waals surface area contributed by atoms with Gasteiger partial charge < -0.3 is 14.8 Å². The number of hydrogen-bond acceptors (Lipinski definition) is 4. The molecule has 0 bridgehead atoms. The maximum atomic E-state index is 12.7. The molecule has 2 atom stereocenters. The summed E-state index contributed by atoms with van der Waals surface area (Å²) in [5.41, 5.74) is 0.405. The first-order valence-corrected chi connectivity index (χ1v) is 6.98. The molecule has 0 unspecified atom stereocenters. The van der Waals surface area contributed by atoms with Crippen molar-refractivity contribution in [1.82, 2.24) is 14.8 Å². The predicted octanol–water partition coefficient (Wildman–Crippen LogP) is 0.850. The van der Waals surface area contributed by atoms with E-state index in [0.29, 0.717) is 18.2 Å². The summed E-state index contributed by atoms with van der Waals surface area (Å²) in [6.07, 6.45) is 2.45. The van der Waals surface area contributed by atoms with E-state index in [0.717, 1.165) is 26.1 Å². The third kappa shape index (κ3) is 1.98. The van der Waals surface area contributed by atoms with Gasteiger partial charge in [0.15, 0.2) is 0 Å². The molecule has 3 rings (SSSR count). The molecule has 1 amide bonds. The summed E-state index contributed by atoms with van der Waals surface area (Å²) < 4.78 is 1.66. The summed E-state index contributed by atoms with van der Waals surface area (Å²) >= 11 is 0. The minimum atomic E-state index is -0.452. The summed E-state index contributed by atoms with van der Waals surface area (Å²) in [6.45, 7) is 4.97. The van der Waals surface area contributed by atoms with Crippen molar-refractivity contribution in [3.63, 3.8) is 0 Å². The van der Waals surface area contributed by atoms with Crippen LogP contribution >= 0.6 is 0 Å². The number of hydrogen-bond donors (Lipinski definition) is 1. The Kier molecular flexibility index (Phi) is 3.21. The second kappa shape index (κ2) is 4.90. The van der Waals surface area contributed by atoms with E-state index in [4.69, 9.17) is 0 Å². The van der Waals surface area contributed by atoms with Crippen LogP contribution in [0, 0.1) is 16.0 Å². The van der Waals surface area contributed by atoms with Gasteiger partial charge in [0.25, 0.3) is 11.6 Å². The van der Waals surface area contributed by atoms with Gasteiger partial charge in [0, 0.05) is 38.3 Å². The van der Waals surface area contributed by atoms with Gasteiger partial charge in [-0.05, 0) is 19.3 Å². The fourth-order valence-electron chi connectivity index (χ4n) is 3.28. The van der Waals surface area contributed by atoms with Crippen LogP contribution in [0.5, 0.6) is 0 Å². The minimum Gasteiger partial charge on any atom is -0.337 e. The number of nitrogens with zero attached hydrogens (tertiary/aromatic N) is 3. The van der Waals surface area contributed by atoms with Crippen LogP contribution in [0.1, 0.15) is 23.8 Å². The molecule has 3 heterocycles. The van der Waals surface area contributed by atoms with Crippen LogP contribution < -0.4 is 5.32 Å². The van der Waals surface area contributed by atoms with Gasteiger partial charge in [-0.15, -0.1) is 0 Å². The van der Waals surface area contributed by atoms with Gasteiger partial charge in [0.05, 0.1) is 11.1 Å². The summed E-state index contributed by atoms with van der Waals surface area (Å²) in [4.78, 5) is 24.9. The highest BCUT2D eigenvalue weighted by Gasteiger charge is 2.41. The molecule has 2 aliphatic rings. The Morgan fingerprint density at radius 3 is 3.05 bits per heavy atom. The molecule has 108 valence electrons. The van der Waals surface area contributed by atoms with Gasteiger partial charge in [-0.1, -0.05) is 0 Å². The summed E-state index contributed by atoms with van der Waals surface area (Å²) in [7, 11) is 0. The maximum absolute atomic E-state index is 12.7. The number of fused-ring (bicyclic) bond motifs is 1. The quantitative estimate of drug-likeness (QED) is 0.656. The second-order valence-corrected chi connectivity index (χ2v) is 5.40. The molecule has 2 fully saturated rings. The molecule has 20 heavy (non-hydrogen) atoms. The monoisotopic (exact) mass is 278 g/mol. The molecular formula is C13H18N4O3. The normalized spacial score (nSPS) is 24.9. The van der Waals surface area contributed by atoms with Crippen molar-refractivity contribution in [1.29, 1.82) is 0 Å². The zero-order chi connectivity index (χ0) is 14.3. The van der Waals surface area contributed by atoms with E-state index in [1.165, 1.54) is 12.3 Å². The van der Waals surface area contributed by atoms with Crippen LogP contribution in [0.4, 0.5) is 5.69 Å². The Labute approximate surface area is 116 Å². The van der Waals surface area contributed by atoms with E-state index < -0.39 is 4.92 Å². The van der Waals surface area contributed by atoms with Crippen molar-refractivity contribution in [3.8, 4) is 0 Å². The number of carbonyl (C=O) groups excluding carboxylic acids is 1. The molecule has 0 radical (unpaired) electrons. The van der Waals surface area contributed by atoms with Crippen LogP contribution in [-0.4, -0.2) is 46.0 Å². The number of aromatic nitrogens is 1. The maximum Gasteiger partial charge on any atom is 0.287 e. The van der Waals surface area contributed by atoms with Gasteiger partial charge >= 0.3 is 0 Å². The van der Waals surface area contributed by atoms with Crippen molar-refractivity contribution in [3.05, 3.63) is 28.1 Å². The molecule has 0 aromatic carbocycles. The van der Waals surface area contributed by atoms with Crippen LogP contribution in [0.15, 0.2) is 12.3 Å². The lowest BCUT2D eigenvalue weighted by Crippen LogP contribution is -2.39. The zero-order valence-electron chi connectivity index (χ0n) is 11.4. The molecule has 7 heteroatoms. The summed E-state index contributed by atoms with van der Waals surface area (Å²) in [5, 5.41) is 14.2. The number of likely N-dealkylation sites (tertiary alicyclic amines) is 1. The van der Waals surface area contributed by atoms with E-state index in [1.54, 1.807) is 4.57 Å². The van der Waals surface area contributed by atoms with Gasteiger partial charge in [0.1, 0.15) is 5.69 Å². The topological polar surface area (TPSA) is 80.4 Å². The van der Waals surface area contributed by atoms with E-state index in [2.05, 4.69) is 5.32 Å². The van der Waals surface area contributed by atoms with Crippen molar-refractivity contribution in [2.45, 2.75) is 25.9 Å². The lowest BCUT2D eigenvalue weighted by Gasteiger charge is -2.23. The SMILES string of the molecule is CCn1cc([N+](=O)[O-])cc1C(=O)N1CC[C@H]2CNC[C@H]21. The first-order valence-electron chi connectivity index (χ1n) is 6.98. The van der Waals surface area contributed by atoms with E-state index >= 15 is 0 Å². The van der Waals surface area contributed by atoms with Crippen LogP contribution in [0.3, 0.4) is 0 Å². The van der Waals surface area contributed by atoms with Crippen LogP contribution in [0.2, 0.25) is 0 Å². The molecule has 2 saturated heterocycles. The standard InChI is InChI=1S/C13H18N4O3/c1-2-15-8-10(17(19)20)5-11(15)13(18)16-4-3-9-6-14-7-12(9)16/h5,8-9,12,14H,2-4,6-7H2,1H3/t9-,12+/m0/s1. The van der Waals surface area contributed by atoms with Crippen LogP contribution in [-0.2, 0) is 6.54 Å². The number of carbonyl (C=O) groups is 1. The smallest absolute Gasteiger partial charge is 0.287 e. The molecule has 1 N–H and O–H groups in total. The molecule has 7 nitrogen and oxygen atoms in total. The van der Waals surface area contributed by atoms with Gasteiger partial charge in [-0.25, -0.2) is 0 Å². The average molecular weight is 278 g/mol. The molecule has 1 aromatic rings. The Hall–Kier alpha value is -1.89. The highest BCUT2D eigenvalue weighted by Crippen LogP contribution is 2.29. The first-order chi connectivity index (χ1) is 9.61. The highest BCUT2D eigenvalue weighted by molar-refractivity contribution is 5.94. The van der Waals surface area contributed by atoms with Crippen molar-refractivity contribution in [2.75, 3.05) is 19.6 Å². The molecule has 0 aliphatic carbocycles. The summed E-state index contributed by atoms with van der Waals surface area (Å²) in [5.74, 6) is 0.440.